The molecular formula is C23H28O4. The SMILES string of the molecule is CCCCCC(CC)c1ccccc1Cc1cccc(C(=O)O)c1C(=O)O. The van der Waals surface area contributed by atoms with Gasteiger partial charge in [0.15, 0.2) is 0 Å². The van der Waals surface area contributed by atoms with Crippen molar-refractivity contribution in [2.75, 3.05) is 0 Å². The Bertz CT molecular complexity index is 795. The summed E-state index contributed by atoms with van der Waals surface area (Å²) in [5, 5.41) is 18.9. The van der Waals surface area contributed by atoms with Crippen LogP contribution in [0.25, 0.3) is 0 Å². The second-order valence-corrected chi connectivity index (χ2v) is 6.93. The number of unbranched alkanes of at least 4 members (excludes halogenated alkanes) is 2. The Kier molecular flexibility index (Phi) is 7.59. The highest BCUT2D eigenvalue weighted by Crippen LogP contribution is 2.30. The van der Waals surface area contributed by atoms with E-state index >= 15 is 0 Å². The van der Waals surface area contributed by atoms with Gasteiger partial charge in [-0.05, 0) is 47.9 Å². The van der Waals surface area contributed by atoms with Gasteiger partial charge in [-0.2, -0.15) is 0 Å². The molecule has 0 radical (unpaired) electrons. The van der Waals surface area contributed by atoms with Gasteiger partial charge in [0.2, 0.25) is 0 Å². The van der Waals surface area contributed by atoms with Crippen LogP contribution in [0.1, 0.15) is 89.3 Å². The van der Waals surface area contributed by atoms with Crippen LogP contribution in [0.2, 0.25) is 0 Å². The quantitative estimate of drug-likeness (QED) is 0.524. The van der Waals surface area contributed by atoms with Gasteiger partial charge in [-0.15, -0.1) is 0 Å². The van der Waals surface area contributed by atoms with Crippen LogP contribution in [-0.4, -0.2) is 22.2 Å². The van der Waals surface area contributed by atoms with Gasteiger partial charge in [0.25, 0.3) is 0 Å². The minimum Gasteiger partial charge on any atom is -0.478 e. The predicted octanol–water partition coefficient (Wildman–Crippen LogP) is 5.75. The molecule has 2 aromatic carbocycles. The Labute approximate surface area is 160 Å². The van der Waals surface area contributed by atoms with Crippen molar-refractivity contribution in [1.29, 1.82) is 0 Å². The van der Waals surface area contributed by atoms with Crippen LogP contribution in [0.3, 0.4) is 0 Å². The third-order valence-corrected chi connectivity index (χ3v) is 5.12. The summed E-state index contributed by atoms with van der Waals surface area (Å²) in [6, 6.07) is 12.8. The molecule has 0 fully saturated rings. The van der Waals surface area contributed by atoms with Crippen molar-refractivity contribution in [1.82, 2.24) is 0 Å². The molecule has 0 heterocycles. The number of carbonyl (C=O) groups is 2. The van der Waals surface area contributed by atoms with Gasteiger partial charge in [0.1, 0.15) is 0 Å². The van der Waals surface area contributed by atoms with Gasteiger partial charge in [0.05, 0.1) is 11.1 Å². The summed E-state index contributed by atoms with van der Waals surface area (Å²) in [6.45, 7) is 4.37. The first kappa shape index (κ1) is 20.7. The molecule has 0 bridgehead atoms. The van der Waals surface area contributed by atoms with Crippen molar-refractivity contribution in [3.8, 4) is 0 Å². The van der Waals surface area contributed by atoms with E-state index in [2.05, 4.69) is 19.9 Å². The fourth-order valence-corrected chi connectivity index (χ4v) is 3.70. The Morgan fingerprint density at radius 2 is 1.59 bits per heavy atom. The third kappa shape index (κ3) is 5.19. The molecule has 0 aliphatic carbocycles. The van der Waals surface area contributed by atoms with E-state index in [0.29, 0.717) is 17.9 Å². The molecule has 4 nitrogen and oxygen atoms in total. The van der Waals surface area contributed by atoms with Crippen LogP contribution in [0.5, 0.6) is 0 Å². The van der Waals surface area contributed by atoms with E-state index in [4.69, 9.17) is 0 Å². The predicted molar refractivity (Wildman–Crippen MR) is 107 cm³/mol. The first-order chi connectivity index (χ1) is 13.0. The first-order valence-corrected chi connectivity index (χ1v) is 9.65. The van der Waals surface area contributed by atoms with E-state index in [1.807, 2.05) is 18.2 Å². The van der Waals surface area contributed by atoms with Crippen molar-refractivity contribution in [2.45, 2.75) is 58.3 Å². The van der Waals surface area contributed by atoms with Crippen molar-refractivity contribution >= 4 is 11.9 Å². The Hall–Kier alpha value is -2.62. The van der Waals surface area contributed by atoms with E-state index in [0.717, 1.165) is 18.4 Å². The smallest absolute Gasteiger partial charge is 0.336 e. The van der Waals surface area contributed by atoms with E-state index in [9.17, 15) is 19.8 Å². The molecule has 27 heavy (non-hydrogen) atoms. The zero-order valence-corrected chi connectivity index (χ0v) is 16.1. The van der Waals surface area contributed by atoms with Gasteiger partial charge in [-0.3, -0.25) is 0 Å². The average Bonchev–Trinajstić information content (AvgIpc) is 2.65. The standard InChI is InChI=1S/C23H28O4/c1-3-5-6-10-16(4-2)19-13-8-7-11-17(19)15-18-12-9-14-20(22(24)25)21(18)23(26)27/h7-9,11-14,16H,3-6,10,15H2,1-2H3,(H,24,25)(H,26,27). The molecule has 2 aromatic rings. The average molecular weight is 368 g/mol. The van der Waals surface area contributed by atoms with E-state index in [1.54, 1.807) is 12.1 Å². The lowest BCUT2D eigenvalue weighted by atomic mass is 9.85. The fraction of sp³-hybridized carbons (Fsp3) is 0.391. The fourth-order valence-electron chi connectivity index (χ4n) is 3.70. The summed E-state index contributed by atoms with van der Waals surface area (Å²) in [6.07, 6.45) is 6.13. The Morgan fingerprint density at radius 3 is 2.22 bits per heavy atom. The summed E-state index contributed by atoms with van der Waals surface area (Å²) in [5.74, 6) is -1.98. The number of aromatic carboxylic acids is 2. The molecule has 2 rings (SSSR count). The Morgan fingerprint density at radius 1 is 0.889 bits per heavy atom. The lowest BCUT2D eigenvalue weighted by Gasteiger charge is -2.20. The van der Waals surface area contributed by atoms with Crippen LogP contribution in [0.15, 0.2) is 42.5 Å². The lowest BCUT2D eigenvalue weighted by Crippen LogP contribution is -2.12. The van der Waals surface area contributed by atoms with Crippen molar-refractivity contribution < 1.29 is 19.8 Å². The van der Waals surface area contributed by atoms with Crippen LogP contribution >= 0.6 is 0 Å². The molecule has 0 aromatic heterocycles. The molecule has 4 heteroatoms. The van der Waals surface area contributed by atoms with E-state index in [1.165, 1.54) is 30.9 Å². The van der Waals surface area contributed by atoms with Crippen molar-refractivity contribution in [3.63, 3.8) is 0 Å². The zero-order valence-electron chi connectivity index (χ0n) is 16.1. The number of benzene rings is 2. The molecule has 0 amide bonds. The summed E-state index contributed by atoms with van der Waals surface area (Å²) >= 11 is 0. The van der Waals surface area contributed by atoms with Gasteiger partial charge in [-0.25, -0.2) is 9.59 Å². The molecule has 0 saturated carbocycles. The minimum absolute atomic E-state index is 0.112. The number of hydrogen-bond donors (Lipinski definition) is 2. The van der Waals surface area contributed by atoms with Gasteiger partial charge >= 0.3 is 11.9 Å². The molecule has 0 aliphatic heterocycles. The summed E-state index contributed by atoms with van der Waals surface area (Å²) in [7, 11) is 0. The van der Waals surface area contributed by atoms with Crippen LogP contribution in [-0.2, 0) is 6.42 Å². The number of rotatable bonds is 10. The lowest BCUT2D eigenvalue weighted by molar-refractivity contribution is 0.0650. The monoisotopic (exact) mass is 368 g/mol. The highest BCUT2D eigenvalue weighted by molar-refractivity contribution is 6.02. The zero-order chi connectivity index (χ0) is 19.8. The minimum atomic E-state index is -1.21. The Balaban J connectivity index is 2.40. The molecule has 2 N–H and O–H groups in total. The number of hydrogen-bond acceptors (Lipinski definition) is 2. The van der Waals surface area contributed by atoms with Crippen LogP contribution in [0.4, 0.5) is 0 Å². The third-order valence-electron chi connectivity index (χ3n) is 5.12. The van der Waals surface area contributed by atoms with Crippen LogP contribution in [0, 0.1) is 0 Å². The van der Waals surface area contributed by atoms with Gasteiger partial charge < -0.3 is 10.2 Å². The normalized spacial score (nSPS) is 11.9. The number of carboxylic acid groups (broad SMARTS) is 2. The molecule has 144 valence electrons. The second kappa shape index (κ2) is 9.91. The largest absolute Gasteiger partial charge is 0.478 e. The van der Waals surface area contributed by atoms with Gasteiger partial charge in [-0.1, -0.05) is 69.5 Å². The van der Waals surface area contributed by atoms with E-state index in [-0.39, 0.29) is 11.1 Å². The van der Waals surface area contributed by atoms with Crippen LogP contribution < -0.4 is 0 Å². The maximum Gasteiger partial charge on any atom is 0.336 e. The molecule has 1 unspecified atom stereocenters. The van der Waals surface area contributed by atoms with Crippen molar-refractivity contribution in [3.05, 3.63) is 70.3 Å². The van der Waals surface area contributed by atoms with Crippen molar-refractivity contribution in [2.24, 2.45) is 0 Å². The first-order valence-electron chi connectivity index (χ1n) is 9.65. The maximum atomic E-state index is 11.7. The highest BCUT2D eigenvalue weighted by atomic mass is 16.4. The van der Waals surface area contributed by atoms with E-state index < -0.39 is 11.9 Å². The molecule has 0 saturated heterocycles. The second-order valence-electron chi connectivity index (χ2n) is 6.93. The molecular weight excluding hydrogens is 340 g/mol. The molecule has 0 spiro atoms. The summed E-state index contributed by atoms with van der Waals surface area (Å²) in [5.41, 5.74) is 2.59. The maximum absolute atomic E-state index is 11.7. The molecule has 0 aliphatic rings. The molecule has 1 atom stereocenters. The number of carboxylic acids is 2. The highest BCUT2D eigenvalue weighted by Gasteiger charge is 2.21. The summed E-state index contributed by atoms with van der Waals surface area (Å²) in [4.78, 5) is 23.2. The topological polar surface area (TPSA) is 74.6 Å². The summed E-state index contributed by atoms with van der Waals surface area (Å²) < 4.78 is 0. The van der Waals surface area contributed by atoms with Gasteiger partial charge in [0, 0.05) is 0 Å².